The molecule has 2 aliphatic rings. The van der Waals surface area contributed by atoms with Crippen LogP contribution in [0.3, 0.4) is 0 Å². The molecule has 1 saturated heterocycles. The molecule has 3 atom stereocenters. The number of fused-ring (bicyclic) bond motifs is 1. The first kappa shape index (κ1) is 21.8. The molecule has 0 bridgehead atoms. The highest BCUT2D eigenvalue weighted by atomic mass is 19.1. The lowest BCUT2D eigenvalue weighted by Crippen LogP contribution is -2.49. The molecule has 158 valence electrons. The van der Waals surface area contributed by atoms with Gasteiger partial charge >= 0.3 is 7.12 Å². The molecular formula is C21H30BFN2O4. The minimum absolute atomic E-state index is 0.0366. The zero-order valence-electron chi connectivity index (χ0n) is 17.6. The van der Waals surface area contributed by atoms with Crippen LogP contribution in [0.4, 0.5) is 4.39 Å². The van der Waals surface area contributed by atoms with E-state index >= 15 is 0 Å². The van der Waals surface area contributed by atoms with E-state index in [-0.39, 0.29) is 36.2 Å². The van der Waals surface area contributed by atoms with E-state index in [2.05, 4.69) is 31.4 Å². The number of rotatable bonds is 6. The van der Waals surface area contributed by atoms with Crippen molar-refractivity contribution in [3.05, 3.63) is 35.1 Å². The maximum atomic E-state index is 13.8. The molecule has 0 spiro atoms. The normalized spacial score (nSPS) is 26.3. The number of amides is 2. The average molecular weight is 404 g/mol. The van der Waals surface area contributed by atoms with Crippen molar-refractivity contribution in [2.75, 3.05) is 13.0 Å². The summed E-state index contributed by atoms with van der Waals surface area (Å²) in [6, 6.07) is 4.28. The number of hydrogen-bond donors (Lipinski definition) is 2. The number of aryl methyl sites for hydroxylation is 1. The Labute approximate surface area is 172 Å². The van der Waals surface area contributed by atoms with E-state index in [1.54, 1.807) is 13.0 Å². The van der Waals surface area contributed by atoms with Crippen molar-refractivity contribution in [3.63, 3.8) is 0 Å². The molecule has 0 aromatic heterocycles. The number of carbonyl (C=O) groups is 2. The predicted octanol–water partition coefficient (Wildman–Crippen LogP) is 2.64. The summed E-state index contributed by atoms with van der Waals surface area (Å²) in [5.41, 5.74) is 0.363. The van der Waals surface area contributed by atoms with Crippen molar-refractivity contribution in [3.8, 4) is 0 Å². The van der Waals surface area contributed by atoms with Crippen LogP contribution in [-0.2, 0) is 14.1 Å². The van der Waals surface area contributed by atoms with Crippen LogP contribution in [-0.4, -0.2) is 43.6 Å². The highest BCUT2D eigenvalue weighted by molar-refractivity contribution is 6.46. The van der Waals surface area contributed by atoms with Gasteiger partial charge in [0.05, 0.1) is 30.3 Å². The number of carbonyl (C=O) groups excluding carboxylic acids is 2. The summed E-state index contributed by atoms with van der Waals surface area (Å²) >= 11 is 0. The third-order valence-electron chi connectivity index (χ3n) is 6.11. The van der Waals surface area contributed by atoms with Crippen LogP contribution in [0.2, 0.25) is 0 Å². The third kappa shape index (κ3) is 4.81. The summed E-state index contributed by atoms with van der Waals surface area (Å²) in [6.45, 7) is 8.05. The van der Waals surface area contributed by atoms with Crippen LogP contribution >= 0.6 is 0 Å². The van der Waals surface area contributed by atoms with Crippen molar-refractivity contribution in [1.82, 2.24) is 10.6 Å². The Kier molecular flexibility index (Phi) is 6.63. The molecule has 29 heavy (non-hydrogen) atoms. The van der Waals surface area contributed by atoms with E-state index < -0.39 is 18.8 Å². The van der Waals surface area contributed by atoms with Crippen LogP contribution in [0.5, 0.6) is 0 Å². The van der Waals surface area contributed by atoms with E-state index in [4.69, 9.17) is 9.31 Å². The quantitative estimate of drug-likeness (QED) is 0.715. The minimum Gasteiger partial charge on any atom is -0.404 e. The minimum atomic E-state index is -0.618. The van der Waals surface area contributed by atoms with Crippen molar-refractivity contribution in [1.29, 1.82) is 0 Å². The van der Waals surface area contributed by atoms with Gasteiger partial charge in [0.1, 0.15) is 5.82 Å². The fourth-order valence-corrected chi connectivity index (χ4v) is 4.61. The molecule has 0 radical (unpaired) electrons. The van der Waals surface area contributed by atoms with E-state index in [0.29, 0.717) is 11.8 Å². The van der Waals surface area contributed by atoms with Gasteiger partial charge in [-0.3, -0.25) is 9.59 Å². The molecule has 8 heteroatoms. The van der Waals surface area contributed by atoms with E-state index in [9.17, 15) is 14.0 Å². The molecule has 1 aliphatic carbocycles. The third-order valence-corrected chi connectivity index (χ3v) is 6.11. The van der Waals surface area contributed by atoms with Crippen LogP contribution in [0, 0.1) is 24.6 Å². The summed E-state index contributed by atoms with van der Waals surface area (Å²) < 4.78 is 26.0. The molecule has 1 heterocycles. The smallest absolute Gasteiger partial charge is 0.404 e. The van der Waals surface area contributed by atoms with Crippen LogP contribution in [0.15, 0.2) is 18.2 Å². The Morgan fingerprint density at radius 3 is 2.79 bits per heavy atom. The maximum Gasteiger partial charge on any atom is 0.478 e. The summed E-state index contributed by atoms with van der Waals surface area (Å²) in [4.78, 5) is 24.2. The fraction of sp³-hybridized carbons (Fsp3) is 0.619. The second-order valence-corrected chi connectivity index (χ2v) is 8.61. The number of nitrogens with one attached hydrogen (secondary N) is 2. The largest absolute Gasteiger partial charge is 0.478 e. The number of halogens is 1. The molecule has 1 aromatic carbocycles. The van der Waals surface area contributed by atoms with Crippen LogP contribution in [0.25, 0.3) is 0 Å². The molecule has 6 nitrogen and oxygen atoms in total. The SMILES string of the molecule is Cc1ccc(F)c(C(=O)NCC(=O)NCB2O[C@@H]3CCC[C@@H](C(C)C)[C@]3(C)O2)c1. The van der Waals surface area contributed by atoms with Crippen molar-refractivity contribution in [2.45, 2.75) is 58.7 Å². The maximum absolute atomic E-state index is 13.8. The van der Waals surface area contributed by atoms with Crippen molar-refractivity contribution in [2.24, 2.45) is 11.8 Å². The number of benzene rings is 1. The standard InChI is InChI=1S/C21H30BFN2O4/c1-13(2)16-6-5-7-18-21(16,4)29-22(28-18)12-25-19(26)11-24-20(27)15-10-14(3)8-9-17(15)23/h8-10,13,16,18H,5-7,11-12H2,1-4H3,(H,24,27)(H,25,26)/t16-,18+,21-/m0/s1. The van der Waals surface area contributed by atoms with Gasteiger partial charge in [-0.05, 0) is 50.7 Å². The average Bonchev–Trinajstić information content (AvgIpc) is 3.02. The van der Waals surface area contributed by atoms with Gasteiger partial charge in [-0.25, -0.2) is 4.39 Å². The highest BCUT2D eigenvalue weighted by Crippen LogP contribution is 2.46. The Balaban J connectivity index is 1.48. The first-order chi connectivity index (χ1) is 13.7. The molecule has 1 saturated carbocycles. The Morgan fingerprint density at radius 1 is 1.31 bits per heavy atom. The van der Waals surface area contributed by atoms with Gasteiger partial charge in [0.2, 0.25) is 5.91 Å². The lowest BCUT2D eigenvalue weighted by Gasteiger charge is -2.44. The lowest BCUT2D eigenvalue weighted by molar-refractivity contribution is -0.119. The van der Waals surface area contributed by atoms with Gasteiger partial charge in [-0.15, -0.1) is 0 Å². The molecule has 2 N–H and O–H groups in total. The van der Waals surface area contributed by atoms with Crippen molar-refractivity contribution >= 4 is 18.9 Å². The van der Waals surface area contributed by atoms with Crippen LogP contribution < -0.4 is 10.6 Å². The second kappa shape index (κ2) is 8.84. The van der Waals surface area contributed by atoms with E-state index in [1.165, 1.54) is 12.1 Å². The molecular weight excluding hydrogens is 374 g/mol. The molecule has 2 amide bonds. The zero-order valence-corrected chi connectivity index (χ0v) is 17.6. The van der Waals surface area contributed by atoms with Crippen molar-refractivity contribution < 1.29 is 23.3 Å². The van der Waals surface area contributed by atoms with Gasteiger partial charge in [0, 0.05) is 0 Å². The highest BCUT2D eigenvalue weighted by Gasteiger charge is 2.54. The first-order valence-corrected chi connectivity index (χ1v) is 10.3. The topological polar surface area (TPSA) is 76.7 Å². The number of hydrogen-bond acceptors (Lipinski definition) is 4. The van der Waals surface area contributed by atoms with Gasteiger partial charge in [-0.1, -0.05) is 31.9 Å². The molecule has 3 rings (SSSR count). The molecule has 2 fully saturated rings. The zero-order chi connectivity index (χ0) is 21.2. The van der Waals surface area contributed by atoms with Gasteiger partial charge < -0.3 is 19.9 Å². The van der Waals surface area contributed by atoms with E-state index in [0.717, 1.165) is 24.8 Å². The summed E-state index contributed by atoms with van der Waals surface area (Å²) in [6.07, 6.45) is 3.45. The monoisotopic (exact) mass is 404 g/mol. The summed E-state index contributed by atoms with van der Waals surface area (Å²) in [7, 11) is -0.502. The molecule has 1 aliphatic heterocycles. The summed E-state index contributed by atoms with van der Waals surface area (Å²) in [5, 5.41) is 5.18. The van der Waals surface area contributed by atoms with E-state index in [1.807, 2.05) is 0 Å². The Morgan fingerprint density at radius 2 is 2.07 bits per heavy atom. The second-order valence-electron chi connectivity index (χ2n) is 8.61. The van der Waals surface area contributed by atoms with Crippen LogP contribution in [0.1, 0.15) is 56.0 Å². The lowest BCUT2D eigenvalue weighted by atomic mass is 9.69. The van der Waals surface area contributed by atoms with Gasteiger partial charge in [0.15, 0.2) is 0 Å². The molecule has 1 aromatic rings. The molecule has 0 unspecified atom stereocenters. The van der Waals surface area contributed by atoms with Gasteiger partial charge in [0.25, 0.3) is 5.91 Å². The predicted molar refractivity (Wildman–Crippen MR) is 109 cm³/mol. The first-order valence-electron chi connectivity index (χ1n) is 10.3. The summed E-state index contributed by atoms with van der Waals surface area (Å²) in [5.74, 6) is -0.689. The Hall–Kier alpha value is -1.93. The Bertz CT molecular complexity index is 775. The fourth-order valence-electron chi connectivity index (χ4n) is 4.61. The van der Waals surface area contributed by atoms with Gasteiger partial charge in [-0.2, -0.15) is 0 Å².